The maximum atomic E-state index is 7.79. The zero-order valence-corrected chi connectivity index (χ0v) is 17.1. The SMILES string of the molecule is [2H]C([2H])([2H])c1nnn(C)[c]1[Sn][C](CCCC)(CCCC)CCCC. The molecule has 1 heterocycles. The molecule has 0 aliphatic carbocycles. The van der Waals surface area contributed by atoms with Gasteiger partial charge in [-0.05, 0) is 0 Å². The molecule has 0 saturated carbocycles. The summed E-state index contributed by atoms with van der Waals surface area (Å²) in [5.74, 6) is 0. The van der Waals surface area contributed by atoms with Crippen LogP contribution in [0.2, 0.25) is 3.43 Å². The number of rotatable bonds is 11. The molecule has 0 bridgehead atoms. The Morgan fingerprint density at radius 2 is 1.57 bits per heavy atom. The second-order valence-electron chi connectivity index (χ2n) is 6.13. The van der Waals surface area contributed by atoms with E-state index >= 15 is 0 Å². The number of aryl methyl sites for hydroxylation is 2. The quantitative estimate of drug-likeness (QED) is 0.521. The fourth-order valence-corrected chi connectivity index (χ4v) is 7.94. The van der Waals surface area contributed by atoms with Crippen molar-refractivity contribution < 1.29 is 4.11 Å². The van der Waals surface area contributed by atoms with E-state index in [4.69, 9.17) is 4.11 Å². The van der Waals surface area contributed by atoms with Crippen LogP contribution in [-0.2, 0) is 7.05 Å². The number of hydrogen-bond donors (Lipinski definition) is 0. The molecule has 0 N–H and O–H groups in total. The van der Waals surface area contributed by atoms with E-state index in [-0.39, 0.29) is 5.69 Å². The minimum absolute atomic E-state index is 0.269. The summed E-state index contributed by atoms with van der Waals surface area (Å²) >= 11 is -1.13. The minimum atomic E-state index is -2.14. The fraction of sp³-hybridized carbons (Fsp3) is 0.882. The van der Waals surface area contributed by atoms with E-state index in [1.807, 2.05) is 7.05 Å². The van der Waals surface area contributed by atoms with Gasteiger partial charge in [0.05, 0.1) is 0 Å². The summed E-state index contributed by atoms with van der Waals surface area (Å²) in [6, 6.07) is 0. The molecule has 0 fully saturated rings. The Balaban J connectivity index is 3.16. The van der Waals surface area contributed by atoms with Crippen molar-refractivity contribution in [1.82, 2.24) is 15.0 Å². The first kappa shape index (κ1) is 14.5. The van der Waals surface area contributed by atoms with Crippen LogP contribution < -0.4 is 3.71 Å². The zero-order valence-electron chi connectivity index (χ0n) is 17.2. The maximum absolute atomic E-state index is 7.79. The molecule has 0 spiro atoms. The van der Waals surface area contributed by atoms with Gasteiger partial charge in [0.1, 0.15) is 0 Å². The van der Waals surface area contributed by atoms with E-state index in [0.717, 1.165) is 3.71 Å². The molecule has 1 aromatic rings. The van der Waals surface area contributed by atoms with Crippen molar-refractivity contribution in [2.24, 2.45) is 7.05 Å². The second-order valence-corrected chi connectivity index (χ2v) is 11.2. The Bertz CT molecular complexity index is 464. The monoisotopic (exact) mass is 402 g/mol. The Labute approximate surface area is 145 Å². The van der Waals surface area contributed by atoms with Crippen LogP contribution in [0, 0.1) is 6.85 Å². The molecule has 0 unspecified atom stereocenters. The molecule has 1 aromatic heterocycles. The van der Waals surface area contributed by atoms with Crippen molar-refractivity contribution in [3.05, 3.63) is 5.69 Å². The van der Waals surface area contributed by atoms with Gasteiger partial charge in [0, 0.05) is 0 Å². The van der Waals surface area contributed by atoms with Crippen molar-refractivity contribution in [3.63, 3.8) is 0 Å². The van der Waals surface area contributed by atoms with Crippen molar-refractivity contribution in [3.8, 4) is 0 Å². The molecule has 21 heavy (non-hydrogen) atoms. The van der Waals surface area contributed by atoms with Gasteiger partial charge in [0.25, 0.3) is 0 Å². The molecule has 3 nitrogen and oxygen atoms in total. The average Bonchev–Trinajstić information content (AvgIpc) is 2.89. The molecule has 0 atom stereocenters. The molecule has 120 valence electrons. The number of unbranched alkanes of at least 4 members (excludes halogenated alkanes) is 3. The van der Waals surface area contributed by atoms with Crippen LogP contribution >= 0.6 is 0 Å². The molecule has 0 saturated heterocycles. The van der Waals surface area contributed by atoms with Gasteiger partial charge in [0.15, 0.2) is 0 Å². The van der Waals surface area contributed by atoms with Crippen molar-refractivity contribution >= 4 is 24.9 Å². The van der Waals surface area contributed by atoms with Gasteiger partial charge in [0.2, 0.25) is 0 Å². The number of nitrogens with zero attached hydrogens (tertiary/aromatic N) is 3. The molecule has 4 heteroatoms. The second kappa shape index (κ2) is 9.85. The van der Waals surface area contributed by atoms with Crippen molar-refractivity contribution in [2.75, 3.05) is 0 Å². The van der Waals surface area contributed by atoms with E-state index in [1.54, 1.807) is 4.68 Å². The van der Waals surface area contributed by atoms with Crippen LogP contribution in [0.4, 0.5) is 0 Å². The first-order valence-electron chi connectivity index (χ1n) is 9.98. The summed E-state index contributed by atoms with van der Waals surface area (Å²) < 4.78 is 26.5. The molecule has 2 radical (unpaired) electrons. The molecule has 0 amide bonds. The third kappa shape index (κ3) is 5.91. The number of aromatic nitrogens is 3. The van der Waals surface area contributed by atoms with E-state index < -0.39 is 28.0 Å². The first-order valence-corrected chi connectivity index (χ1v) is 11.3. The van der Waals surface area contributed by atoms with E-state index in [0.29, 0.717) is 3.43 Å². The first-order chi connectivity index (χ1) is 11.3. The summed E-state index contributed by atoms with van der Waals surface area (Å²) in [5, 5.41) is 8.06. The van der Waals surface area contributed by atoms with Crippen LogP contribution in [0.15, 0.2) is 0 Å². The van der Waals surface area contributed by atoms with E-state index in [2.05, 4.69) is 31.1 Å². The van der Waals surface area contributed by atoms with Gasteiger partial charge in [-0.15, -0.1) is 0 Å². The van der Waals surface area contributed by atoms with E-state index in [9.17, 15) is 0 Å². The molecule has 0 aliphatic rings. The summed E-state index contributed by atoms with van der Waals surface area (Å²) in [4.78, 5) is 0. The van der Waals surface area contributed by atoms with Crippen LogP contribution in [0.1, 0.15) is 88.4 Å². The van der Waals surface area contributed by atoms with Gasteiger partial charge in [-0.3, -0.25) is 0 Å². The van der Waals surface area contributed by atoms with Gasteiger partial charge in [-0.2, -0.15) is 0 Å². The molecule has 1 rings (SSSR count). The number of hydrogen-bond acceptors (Lipinski definition) is 2. The van der Waals surface area contributed by atoms with Crippen molar-refractivity contribution in [2.45, 2.75) is 88.8 Å². The van der Waals surface area contributed by atoms with Gasteiger partial charge < -0.3 is 0 Å². The summed E-state index contributed by atoms with van der Waals surface area (Å²) in [7, 11) is 1.86. The van der Waals surface area contributed by atoms with E-state index in [1.165, 1.54) is 57.8 Å². The third-order valence-electron chi connectivity index (χ3n) is 4.24. The van der Waals surface area contributed by atoms with Gasteiger partial charge >= 0.3 is 146 Å². The normalized spacial score (nSPS) is 14.8. The summed E-state index contributed by atoms with van der Waals surface area (Å²) in [6.45, 7) is 4.59. The molecular formula is C17H33N3Sn. The summed E-state index contributed by atoms with van der Waals surface area (Å²) in [5.41, 5.74) is 0.269. The topological polar surface area (TPSA) is 30.7 Å². The predicted octanol–water partition coefficient (Wildman–Crippen LogP) is 4.18. The zero-order chi connectivity index (χ0) is 18.2. The van der Waals surface area contributed by atoms with Crippen LogP contribution in [0.5, 0.6) is 0 Å². The Morgan fingerprint density at radius 3 is 2.00 bits per heavy atom. The molecule has 0 aromatic carbocycles. The third-order valence-corrected chi connectivity index (χ3v) is 10.2. The van der Waals surface area contributed by atoms with Crippen LogP contribution in [-0.4, -0.2) is 36.1 Å². The fourth-order valence-electron chi connectivity index (χ4n) is 2.86. The molecule has 0 aliphatic heterocycles. The Hall–Kier alpha value is -0.0613. The van der Waals surface area contributed by atoms with Crippen LogP contribution in [0.25, 0.3) is 0 Å². The van der Waals surface area contributed by atoms with Gasteiger partial charge in [-0.25, -0.2) is 0 Å². The molecular weight excluding hydrogens is 365 g/mol. The summed E-state index contributed by atoms with van der Waals surface area (Å²) in [6.07, 6.45) is 11.0. The van der Waals surface area contributed by atoms with Gasteiger partial charge in [-0.1, -0.05) is 0 Å². The predicted molar refractivity (Wildman–Crippen MR) is 92.4 cm³/mol. The standard InChI is InChI=1S/C13H27.C4H6N3.Sn/c1-4-7-10-13(11-8-5-2)12-9-6-3;1-4-3-7(2)6-5-4;/h4-12H2,1-3H3;1-2H3;/i;1D3;. The Kier molecular flexibility index (Phi) is 6.82. The van der Waals surface area contributed by atoms with Crippen molar-refractivity contribution in [1.29, 1.82) is 0 Å². The average molecular weight is 401 g/mol. The van der Waals surface area contributed by atoms with Crippen LogP contribution in [0.3, 0.4) is 0 Å². The Morgan fingerprint density at radius 1 is 1.05 bits per heavy atom.